The number of rotatable bonds is 5. The largest absolute Gasteiger partial charge is 0.316 e. The Kier molecular flexibility index (Phi) is 4.07. The molecule has 1 N–H and O–H groups in total. The third kappa shape index (κ3) is 2.54. The van der Waals surface area contributed by atoms with E-state index >= 15 is 0 Å². The fraction of sp³-hybridized carbons (Fsp3) is 0.800. The number of nitrogens with zero attached hydrogens (tertiary/aromatic N) is 3. The van der Waals surface area contributed by atoms with E-state index in [0.717, 1.165) is 18.8 Å². The standard InChI is InChI=1S/C10H20N4/c1-5-9(11-4)10-13-12-7-14(10)6-8(2)3/h7-9,11H,5-6H2,1-4H3. The van der Waals surface area contributed by atoms with Gasteiger partial charge in [0.05, 0.1) is 6.04 Å². The van der Waals surface area contributed by atoms with Crippen molar-refractivity contribution in [3.63, 3.8) is 0 Å². The monoisotopic (exact) mass is 196 g/mol. The topological polar surface area (TPSA) is 42.7 Å². The second-order valence-corrected chi connectivity index (χ2v) is 3.98. The number of aromatic nitrogens is 3. The Morgan fingerprint density at radius 1 is 1.50 bits per heavy atom. The van der Waals surface area contributed by atoms with Gasteiger partial charge in [0.25, 0.3) is 0 Å². The average Bonchev–Trinajstić information content (AvgIpc) is 2.55. The minimum absolute atomic E-state index is 0.316. The van der Waals surface area contributed by atoms with Crippen LogP contribution in [0.5, 0.6) is 0 Å². The SMILES string of the molecule is CCC(NC)c1nncn1CC(C)C. The summed E-state index contributed by atoms with van der Waals surface area (Å²) in [5.74, 6) is 1.67. The van der Waals surface area contributed by atoms with Gasteiger partial charge in [0.1, 0.15) is 12.2 Å². The van der Waals surface area contributed by atoms with Gasteiger partial charge in [0, 0.05) is 6.54 Å². The molecule has 0 aliphatic heterocycles. The summed E-state index contributed by atoms with van der Waals surface area (Å²) in [4.78, 5) is 0. The molecule has 0 spiro atoms. The van der Waals surface area contributed by atoms with Gasteiger partial charge in [-0.25, -0.2) is 0 Å². The molecule has 0 aliphatic rings. The van der Waals surface area contributed by atoms with Crippen molar-refractivity contribution < 1.29 is 0 Å². The van der Waals surface area contributed by atoms with Crippen LogP contribution >= 0.6 is 0 Å². The van der Waals surface area contributed by atoms with Gasteiger partial charge in [0.15, 0.2) is 0 Å². The van der Waals surface area contributed by atoms with Gasteiger partial charge in [-0.15, -0.1) is 10.2 Å². The molecule has 0 aliphatic carbocycles. The summed E-state index contributed by atoms with van der Waals surface area (Å²) in [5, 5.41) is 11.4. The maximum absolute atomic E-state index is 4.16. The van der Waals surface area contributed by atoms with Crippen molar-refractivity contribution in [2.45, 2.75) is 39.8 Å². The molecule has 4 heteroatoms. The van der Waals surface area contributed by atoms with Crippen molar-refractivity contribution in [2.75, 3.05) is 7.05 Å². The Labute approximate surface area is 85.7 Å². The Bertz CT molecular complexity index is 263. The summed E-state index contributed by atoms with van der Waals surface area (Å²) in [6.45, 7) is 7.53. The second kappa shape index (κ2) is 5.10. The summed E-state index contributed by atoms with van der Waals surface area (Å²) in [6, 6.07) is 0.316. The van der Waals surface area contributed by atoms with Crippen LogP contribution < -0.4 is 5.32 Å². The molecule has 0 saturated carbocycles. The fourth-order valence-electron chi connectivity index (χ4n) is 1.58. The Morgan fingerprint density at radius 3 is 2.71 bits per heavy atom. The third-order valence-electron chi connectivity index (χ3n) is 2.28. The summed E-state index contributed by atoms with van der Waals surface area (Å²) < 4.78 is 2.13. The van der Waals surface area contributed by atoms with E-state index in [0.29, 0.717) is 12.0 Å². The highest BCUT2D eigenvalue weighted by Gasteiger charge is 2.14. The van der Waals surface area contributed by atoms with Crippen LogP contribution in [0.25, 0.3) is 0 Å². The van der Waals surface area contributed by atoms with Crippen molar-refractivity contribution in [3.8, 4) is 0 Å². The number of nitrogens with one attached hydrogen (secondary N) is 1. The zero-order valence-corrected chi connectivity index (χ0v) is 9.49. The molecule has 14 heavy (non-hydrogen) atoms. The van der Waals surface area contributed by atoms with E-state index in [1.807, 2.05) is 13.4 Å². The molecule has 1 aromatic rings. The van der Waals surface area contributed by atoms with Crippen LogP contribution in [-0.2, 0) is 6.54 Å². The lowest BCUT2D eigenvalue weighted by molar-refractivity contribution is 0.459. The molecule has 1 atom stereocenters. The van der Waals surface area contributed by atoms with E-state index in [1.165, 1.54) is 0 Å². The van der Waals surface area contributed by atoms with E-state index in [4.69, 9.17) is 0 Å². The Hall–Kier alpha value is -0.900. The first-order valence-corrected chi connectivity index (χ1v) is 5.24. The molecule has 1 rings (SSSR count). The van der Waals surface area contributed by atoms with Gasteiger partial charge in [-0.05, 0) is 19.4 Å². The molecule has 0 bridgehead atoms. The van der Waals surface area contributed by atoms with Crippen LogP contribution in [0.4, 0.5) is 0 Å². The highest BCUT2D eigenvalue weighted by atomic mass is 15.3. The van der Waals surface area contributed by atoms with Crippen LogP contribution in [-0.4, -0.2) is 21.8 Å². The molecular weight excluding hydrogens is 176 g/mol. The minimum atomic E-state index is 0.316. The quantitative estimate of drug-likeness (QED) is 0.778. The normalized spacial score (nSPS) is 13.5. The van der Waals surface area contributed by atoms with Gasteiger partial charge in [-0.2, -0.15) is 0 Å². The van der Waals surface area contributed by atoms with Crippen LogP contribution in [0.3, 0.4) is 0 Å². The van der Waals surface area contributed by atoms with Crippen molar-refractivity contribution in [2.24, 2.45) is 5.92 Å². The van der Waals surface area contributed by atoms with Crippen LogP contribution in [0, 0.1) is 5.92 Å². The Balaban J connectivity index is 2.80. The lowest BCUT2D eigenvalue weighted by Gasteiger charge is -2.15. The van der Waals surface area contributed by atoms with E-state index in [2.05, 4.69) is 40.9 Å². The second-order valence-electron chi connectivity index (χ2n) is 3.98. The first kappa shape index (κ1) is 11.2. The average molecular weight is 196 g/mol. The molecule has 0 radical (unpaired) electrons. The lowest BCUT2D eigenvalue weighted by Crippen LogP contribution is -2.21. The summed E-state index contributed by atoms with van der Waals surface area (Å²) in [7, 11) is 1.96. The van der Waals surface area contributed by atoms with Crippen LogP contribution in [0.2, 0.25) is 0 Å². The highest BCUT2D eigenvalue weighted by Crippen LogP contribution is 2.14. The van der Waals surface area contributed by atoms with Crippen LogP contribution in [0.1, 0.15) is 39.1 Å². The summed E-state index contributed by atoms with van der Waals surface area (Å²) >= 11 is 0. The van der Waals surface area contributed by atoms with E-state index in [-0.39, 0.29) is 0 Å². The number of hydrogen-bond acceptors (Lipinski definition) is 3. The summed E-state index contributed by atoms with van der Waals surface area (Å²) in [5.41, 5.74) is 0. The fourth-order valence-corrected chi connectivity index (χ4v) is 1.58. The maximum Gasteiger partial charge on any atom is 0.149 e. The third-order valence-corrected chi connectivity index (χ3v) is 2.28. The predicted octanol–water partition coefficient (Wildman–Crippen LogP) is 1.60. The lowest BCUT2D eigenvalue weighted by atomic mass is 10.2. The Morgan fingerprint density at radius 2 is 2.21 bits per heavy atom. The molecular formula is C10H20N4. The van der Waals surface area contributed by atoms with E-state index in [9.17, 15) is 0 Å². The van der Waals surface area contributed by atoms with Crippen molar-refractivity contribution in [3.05, 3.63) is 12.2 Å². The molecule has 1 unspecified atom stereocenters. The maximum atomic E-state index is 4.16. The molecule has 80 valence electrons. The molecule has 0 saturated heterocycles. The van der Waals surface area contributed by atoms with E-state index in [1.54, 1.807) is 0 Å². The van der Waals surface area contributed by atoms with Gasteiger partial charge in [-0.3, -0.25) is 0 Å². The van der Waals surface area contributed by atoms with Crippen molar-refractivity contribution >= 4 is 0 Å². The first-order valence-electron chi connectivity index (χ1n) is 5.24. The van der Waals surface area contributed by atoms with Gasteiger partial charge in [-0.1, -0.05) is 20.8 Å². The molecule has 1 heterocycles. The van der Waals surface area contributed by atoms with Crippen molar-refractivity contribution in [1.82, 2.24) is 20.1 Å². The molecule has 0 aromatic carbocycles. The smallest absolute Gasteiger partial charge is 0.149 e. The van der Waals surface area contributed by atoms with Gasteiger partial charge in [0.2, 0.25) is 0 Å². The van der Waals surface area contributed by atoms with Gasteiger partial charge < -0.3 is 9.88 Å². The van der Waals surface area contributed by atoms with Crippen LogP contribution in [0.15, 0.2) is 6.33 Å². The highest BCUT2D eigenvalue weighted by molar-refractivity contribution is 4.94. The molecule has 4 nitrogen and oxygen atoms in total. The molecule has 0 amide bonds. The van der Waals surface area contributed by atoms with Crippen molar-refractivity contribution in [1.29, 1.82) is 0 Å². The predicted molar refractivity (Wildman–Crippen MR) is 57.0 cm³/mol. The zero-order chi connectivity index (χ0) is 10.6. The number of hydrogen-bond donors (Lipinski definition) is 1. The van der Waals surface area contributed by atoms with Gasteiger partial charge >= 0.3 is 0 Å². The summed E-state index contributed by atoms with van der Waals surface area (Å²) in [6.07, 6.45) is 2.85. The molecule has 1 aromatic heterocycles. The zero-order valence-electron chi connectivity index (χ0n) is 9.49. The minimum Gasteiger partial charge on any atom is -0.316 e. The molecule has 0 fully saturated rings. The van der Waals surface area contributed by atoms with E-state index < -0.39 is 0 Å². The first-order chi connectivity index (χ1) is 6.69.